The van der Waals surface area contributed by atoms with Crippen LogP contribution < -0.4 is 24.8 Å². The first-order valence-electron chi connectivity index (χ1n) is 16.5. The number of hydrogen-bond donors (Lipinski definition) is 0. The van der Waals surface area contributed by atoms with Crippen molar-refractivity contribution in [1.82, 2.24) is 0 Å². The van der Waals surface area contributed by atoms with Crippen LogP contribution in [0.5, 0.6) is 0 Å². The number of benzene rings is 3. The van der Waals surface area contributed by atoms with Gasteiger partial charge in [0.1, 0.15) is 0 Å². The topological polar surface area (TPSA) is 0 Å². The van der Waals surface area contributed by atoms with Crippen LogP contribution in [-0.4, -0.2) is 3.21 Å². The molecule has 0 N–H and O–H groups in total. The maximum atomic E-state index is 2.64. The van der Waals surface area contributed by atoms with E-state index < -0.39 is 21.3 Å². The molecule has 1 fully saturated rings. The molecule has 3 aliphatic rings. The summed E-state index contributed by atoms with van der Waals surface area (Å²) >= 11 is -2.44. The van der Waals surface area contributed by atoms with Gasteiger partial charge in [0.05, 0.1) is 0 Å². The van der Waals surface area contributed by atoms with E-state index in [1.165, 1.54) is 72.8 Å². The Kier molecular flexibility index (Phi) is 11.6. The molecule has 0 nitrogen and oxygen atoms in total. The molecule has 0 radical (unpaired) electrons. The van der Waals surface area contributed by atoms with Gasteiger partial charge >= 0.3 is 265 Å². The molecule has 3 aliphatic carbocycles. The van der Waals surface area contributed by atoms with Crippen molar-refractivity contribution in [3.8, 4) is 11.1 Å². The Morgan fingerprint density at radius 2 is 1.30 bits per heavy atom. The molecule has 232 valence electrons. The van der Waals surface area contributed by atoms with E-state index in [1.807, 2.05) is 6.49 Å². The molecule has 3 aromatic carbocycles. The van der Waals surface area contributed by atoms with Crippen LogP contribution in [0.3, 0.4) is 0 Å². The molecule has 44 heavy (non-hydrogen) atoms. The Morgan fingerprint density at radius 1 is 0.727 bits per heavy atom. The number of allylic oxidation sites excluding steroid dienone is 4. The summed E-state index contributed by atoms with van der Waals surface area (Å²) in [6.45, 7) is 14.3. The largest absolute Gasteiger partial charge is 1.00 e. The van der Waals surface area contributed by atoms with Crippen LogP contribution >= 0.6 is 0 Å². The molecular formula is C41H50Cl2Zr. The summed E-state index contributed by atoms with van der Waals surface area (Å²) in [5.74, 6) is 0.866. The minimum absolute atomic E-state index is 0. The second kappa shape index (κ2) is 14.5. The summed E-state index contributed by atoms with van der Waals surface area (Å²) in [4.78, 5) is 0. The molecule has 1 saturated carbocycles. The van der Waals surface area contributed by atoms with Gasteiger partial charge in [0.15, 0.2) is 0 Å². The van der Waals surface area contributed by atoms with Crippen molar-refractivity contribution in [2.45, 2.75) is 107 Å². The van der Waals surface area contributed by atoms with Gasteiger partial charge in [0.2, 0.25) is 0 Å². The van der Waals surface area contributed by atoms with E-state index in [0.717, 1.165) is 12.3 Å². The van der Waals surface area contributed by atoms with Crippen LogP contribution in [0.15, 0.2) is 88.2 Å². The number of fused-ring (bicyclic) bond motifs is 3. The first kappa shape index (κ1) is 35.3. The SMILES string of the molecule is CC(C)(C)c1ccc2c(c1)[CH](/[Zr+2]([C]1=CC=CC1)=[C](/Cc1ccccc1)CC1CCCCC1)c1cc(C(C)(C)C)ccc1-2.[Cl-].[Cl-]. The summed E-state index contributed by atoms with van der Waals surface area (Å²) in [6, 6.07) is 26.5. The van der Waals surface area contributed by atoms with E-state index >= 15 is 0 Å². The van der Waals surface area contributed by atoms with Gasteiger partial charge in [0, 0.05) is 0 Å². The Hall–Kier alpha value is -1.53. The van der Waals surface area contributed by atoms with Crippen molar-refractivity contribution >= 4 is 3.21 Å². The van der Waals surface area contributed by atoms with Gasteiger partial charge in [-0.2, -0.15) is 0 Å². The average molecular weight is 705 g/mol. The fourth-order valence-corrected chi connectivity index (χ4v) is 17.1. The quantitative estimate of drug-likeness (QED) is 0.331. The third-order valence-corrected chi connectivity index (χ3v) is 18.4. The maximum Gasteiger partial charge on any atom is -1.00 e. The fourth-order valence-electron chi connectivity index (χ4n) is 7.63. The van der Waals surface area contributed by atoms with Crippen molar-refractivity contribution in [2.75, 3.05) is 0 Å². The van der Waals surface area contributed by atoms with E-state index in [2.05, 4.69) is 127 Å². The third kappa shape index (κ3) is 7.54. The van der Waals surface area contributed by atoms with Gasteiger partial charge in [-0.25, -0.2) is 0 Å². The first-order valence-corrected chi connectivity index (χ1v) is 20.4. The minimum Gasteiger partial charge on any atom is -1.00 e. The van der Waals surface area contributed by atoms with E-state index in [0.29, 0.717) is 3.63 Å². The molecule has 3 heteroatoms. The molecule has 0 aromatic heterocycles. The third-order valence-electron chi connectivity index (χ3n) is 10.1. The van der Waals surface area contributed by atoms with Crippen molar-refractivity contribution in [2.24, 2.45) is 5.92 Å². The van der Waals surface area contributed by atoms with Crippen LogP contribution in [-0.2, 0) is 38.5 Å². The number of halogens is 2. The standard InChI is InChI=1S/C21H25.C15H20.C5H5.2ClH.Zr/c1-20(2,3)16-7-9-18-14(12-16)11-15-13-17(21(4,5)6)8-10-19(15)18;1-3-8-14(9-4-1)12-7-13-15-10-5-2-6-11-15;1-2-4-5-3-1;;;/h7-13H,1-6H3;1,3-4,8-9,15H,2,5-6,10-13H2;1-3H,4H2;2*1H;/q;;;;;+2/p-2. The Morgan fingerprint density at radius 3 is 1.80 bits per heavy atom. The monoisotopic (exact) mass is 702 g/mol. The van der Waals surface area contributed by atoms with Crippen molar-refractivity contribution < 1.29 is 46.1 Å². The summed E-state index contributed by atoms with van der Waals surface area (Å²) in [7, 11) is 0. The Balaban J connectivity index is 0.00000221. The maximum absolute atomic E-state index is 2.64. The van der Waals surface area contributed by atoms with Crippen molar-refractivity contribution in [1.29, 1.82) is 0 Å². The van der Waals surface area contributed by atoms with Crippen LogP contribution in [0, 0.1) is 5.92 Å². The zero-order valence-electron chi connectivity index (χ0n) is 27.7. The van der Waals surface area contributed by atoms with Crippen molar-refractivity contribution in [3.63, 3.8) is 0 Å². The van der Waals surface area contributed by atoms with Gasteiger partial charge in [-0.15, -0.1) is 0 Å². The average Bonchev–Trinajstić information content (AvgIpc) is 3.60. The zero-order chi connectivity index (χ0) is 29.5. The van der Waals surface area contributed by atoms with Crippen molar-refractivity contribution in [3.05, 3.63) is 116 Å². The number of rotatable bonds is 6. The molecule has 0 spiro atoms. The first-order chi connectivity index (χ1) is 20.1. The van der Waals surface area contributed by atoms with E-state index in [4.69, 9.17) is 0 Å². The molecular weight excluding hydrogens is 655 g/mol. The van der Waals surface area contributed by atoms with Gasteiger partial charge in [0.25, 0.3) is 0 Å². The van der Waals surface area contributed by atoms with E-state index in [9.17, 15) is 0 Å². The Labute approximate surface area is 287 Å². The molecule has 0 atom stereocenters. The van der Waals surface area contributed by atoms with Gasteiger partial charge in [-0.05, 0) is 0 Å². The van der Waals surface area contributed by atoms with Gasteiger partial charge in [-0.1, -0.05) is 0 Å². The smallest absolute Gasteiger partial charge is 1.00 e. The molecule has 0 aliphatic heterocycles. The summed E-state index contributed by atoms with van der Waals surface area (Å²) < 4.78 is 4.32. The minimum atomic E-state index is -2.44. The predicted octanol–water partition coefficient (Wildman–Crippen LogP) is 5.21. The Bertz CT molecular complexity index is 1480. The summed E-state index contributed by atoms with van der Waals surface area (Å²) in [5, 5.41) is 0. The van der Waals surface area contributed by atoms with Crippen LogP contribution in [0.1, 0.15) is 118 Å². The second-order valence-corrected chi connectivity index (χ2v) is 22.0. The molecule has 0 amide bonds. The molecule has 0 bridgehead atoms. The van der Waals surface area contributed by atoms with Crippen LogP contribution in [0.4, 0.5) is 0 Å². The molecule has 3 aromatic rings. The van der Waals surface area contributed by atoms with Crippen LogP contribution in [0.25, 0.3) is 11.1 Å². The zero-order valence-corrected chi connectivity index (χ0v) is 31.6. The molecule has 0 unspecified atom stereocenters. The summed E-state index contributed by atoms with van der Waals surface area (Å²) in [5.41, 5.74) is 11.0. The fraction of sp³-hybridized carbons (Fsp3) is 0.439. The summed E-state index contributed by atoms with van der Waals surface area (Å²) in [6.07, 6.45) is 18.2. The van der Waals surface area contributed by atoms with Gasteiger partial charge in [-0.3, -0.25) is 0 Å². The van der Waals surface area contributed by atoms with Gasteiger partial charge < -0.3 is 24.8 Å². The van der Waals surface area contributed by atoms with E-state index in [-0.39, 0.29) is 35.6 Å². The van der Waals surface area contributed by atoms with Crippen LogP contribution in [0.2, 0.25) is 0 Å². The normalized spacial score (nSPS) is 16.9. The van der Waals surface area contributed by atoms with E-state index in [1.54, 1.807) is 11.1 Å². The molecule has 0 heterocycles. The second-order valence-electron chi connectivity index (χ2n) is 15.2. The molecule has 6 rings (SSSR count). The number of hydrogen-bond acceptors (Lipinski definition) is 0. The molecule has 0 saturated heterocycles. The predicted molar refractivity (Wildman–Crippen MR) is 179 cm³/mol.